The van der Waals surface area contributed by atoms with Gasteiger partial charge in [0.25, 0.3) is 11.6 Å². The Labute approximate surface area is 147 Å². The predicted molar refractivity (Wildman–Crippen MR) is 90.0 cm³/mol. The SMILES string of the molecule is COc1cccc(NC(=O)COC(=O)c2cc([N+](=O)[O-])ccc2Cl)c1. The van der Waals surface area contributed by atoms with Gasteiger partial charge in [-0.05, 0) is 18.2 Å². The normalized spacial score (nSPS) is 10.0. The molecule has 0 saturated carbocycles. The number of nitro groups is 1. The molecule has 0 radical (unpaired) electrons. The van der Waals surface area contributed by atoms with E-state index in [1.54, 1.807) is 24.3 Å². The summed E-state index contributed by atoms with van der Waals surface area (Å²) in [6.07, 6.45) is 0. The zero-order valence-corrected chi connectivity index (χ0v) is 13.8. The van der Waals surface area contributed by atoms with Crippen molar-refractivity contribution >= 4 is 34.9 Å². The topological polar surface area (TPSA) is 108 Å². The maximum Gasteiger partial charge on any atom is 0.340 e. The van der Waals surface area contributed by atoms with Crippen LogP contribution in [0.2, 0.25) is 5.02 Å². The number of carbonyl (C=O) groups is 2. The van der Waals surface area contributed by atoms with Crippen LogP contribution in [0.1, 0.15) is 10.4 Å². The smallest absolute Gasteiger partial charge is 0.340 e. The van der Waals surface area contributed by atoms with Gasteiger partial charge in [0.2, 0.25) is 0 Å². The van der Waals surface area contributed by atoms with Gasteiger partial charge in [0.05, 0.1) is 22.6 Å². The first-order valence-electron chi connectivity index (χ1n) is 6.95. The largest absolute Gasteiger partial charge is 0.497 e. The average molecular weight is 365 g/mol. The third kappa shape index (κ3) is 4.92. The van der Waals surface area contributed by atoms with Crippen LogP contribution in [0.25, 0.3) is 0 Å². The zero-order valence-electron chi connectivity index (χ0n) is 13.0. The molecule has 1 amide bonds. The summed E-state index contributed by atoms with van der Waals surface area (Å²) in [6, 6.07) is 9.99. The lowest BCUT2D eigenvalue weighted by Crippen LogP contribution is -2.21. The third-order valence-corrected chi connectivity index (χ3v) is 3.40. The molecule has 0 spiro atoms. The number of ether oxygens (including phenoxy) is 2. The Morgan fingerprint density at radius 2 is 2.00 bits per heavy atom. The summed E-state index contributed by atoms with van der Waals surface area (Å²) in [5, 5.41) is 13.3. The molecule has 0 atom stereocenters. The minimum atomic E-state index is -0.936. The Kier molecular flexibility index (Phi) is 5.91. The fourth-order valence-electron chi connectivity index (χ4n) is 1.89. The number of hydrogen-bond donors (Lipinski definition) is 1. The molecule has 0 aliphatic heterocycles. The van der Waals surface area contributed by atoms with E-state index in [4.69, 9.17) is 21.1 Å². The van der Waals surface area contributed by atoms with Gasteiger partial charge < -0.3 is 14.8 Å². The number of anilines is 1. The lowest BCUT2D eigenvalue weighted by molar-refractivity contribution is -0.384. The number of carbonyl (C=O) groups excluding carboxylic acids is 2. The molecule has 0 unspecified atom stereocenters. The molecule has 2 rings (SSSR count). The second-order valence-corrected chi connectivity index (χ2v) is 5.18. The van der Waals surface area contributed by atoms with E-state index in [1.807, 2.05) is 0 Å². The van der Waals surface area contributed by atoms with E-state index in [1.165, 1.54) is 13.2 Å². The lowest BCUT2D eigenvalue weighted by atomic mass is 10.2. The number of halogens is 1. The lowest BCUT2D eigenvalue weighted by Gasteiger charge is -2.08. The number of benzene rings is 2. The molecule has 1 N–H and O–H groups in total. The third-order valence-electron chi connectivity index (χ3n) is 3.07. The van der Waals surface area contributed by atoms with Crippen molar-refractivity contribution in [3.63, 3.8) is 0 Å². The van der Waals surface area contributed by atoms with Gasteiger partial charge >= 0.3 is 5.97 Å². The fourth-order valence-corrected chi connectivity index (χ4v) is 2.08. The second-order valence-electron chi connectivity index (χ2n) is 4.78. The van der Waals surface area contributed by atoms with Crippen LogP contribution in [0.5, 0.6) is 5.75 Å². The molecular weight excluding hydrogens is 352 g/mol. The number of hydrogen-bond acceptors (Lipinski definition) is 6. The first-order valence-corrected chi connectivity index (χ1v) is 7.33. The van der Waals surface area contributed by atoms with Gasteiger partial charge in [-0.2, -0.15) is 0 Å². The van der Waals surface area contributed by atoms with Gasteiger partial charge in [0.15, 0.2) is 6.61 Å². The molecule has 0 aliphatic carbocycles. The Hall–Kier alpha value is -3.13. The molecule has 0 aromatic heterocycles. The van der Waals surface area contributed by atoms with E-state index in [0.717, 1.165) is 12.1 Å². The van der Waals surface area contributed by atoms with Crippen LogP contribution in [-0.4, -0.2) is 30.5 Å². The number of nitro benzene ring substituents is 1. The van der Waals surface area contributed by atoms with Crippen LogP contribution in [0.4, 0.5) is 11.4 Å². The van der Waals surface area contributed by atoms with Crippen molar-refractivity contribution < 1.29 is 24.0 Å². The number of methoxy groups -OCH3 is 1. The van der Waals surface area contributed by atoms with Gasteiger partial charge in [-0.15, -0.1) is 0 Å². The highest BCUT2D eigenvalue weighted by molar-refractivity contribution is 6.33. The molecule has 0 bridgehead atoms. The van der Waals surface area contributed by atoms with Gasteiger partial charge in [0.1, 0.15) is 5.75 Å². The molecule has 2 aromatic carbocycles. The molecule has 0 aliphatic rings. The van der Waals surface area contributed by atoms with Crippen molar-refractivity contribution in [3.05, 3.63) is 63.2 Å². The van der Waals surface area contributed by atoms with Crippen LogP contribution >= 0.6 is 11.6 Å². The van der Waals surface area contributed by atoms with Gasteiger partial charge in [-0.25, -0.2) is 4.79 Å². The predicted octanol–water partition coefficient (Wildman–Crippen LogP) is 3.05. The number of rotatable bonds is 6. The average Bonchev–Trinajstić information content (AvgIpc) is 2.60. The number of nitrogens with one attached hydrogen (secondary N) is 1. The minimum absolute atomic E-state index is 0.0104. The summed E-state index contributed by atoms with van der Waals surface area (Å²) < 4.78 is 9.87. The maximum atomic E-state index is 12.0. The van der Waals surface area contributed by atoms with Crippen molar-refractivity contribution in [3.8, 4) is 5.75 Å². The molecule has 0 heterocycles. The van der Waals surface area contributed by atoms with E-state index >= 15 is 0 Å². The standard InChI is InChI=1S/C16H13ClN2O6/c1-24-12-4-2-3-10(7-12)18-15(20)9-25-16(21)13-8-11(19(22)23)5-6-14(13)17/h2-8H,9H2,1H3,(H,18,20). The molecular formula is C16H13ClN2O6. The summed E-state index contributed by atoms with van der Waals surface area (Å²) in [5.74, 6) is -0.962. The number of nitrogens with zero attached hydrogens (tertiary/aromatic N) is 1. The van der Waals surface area contributed by atoms with E-state index in [-0.39, 0.29) is 16.3 Å². The van der Waals surface area contributed by atoms with E-state index in [2.05, 4.69) is 5.32 Å². The van der Waals surface area contributed by atoms with Crippen LogP contribution in [0.15, 0.2) is 42.5 Å². The zero-order chi connectivity index (χ0) is 18.4. The molecule has 25 heavy (non-hydrogen) atoms. The molecule has 2 aromatic rings. The Balaban J connectivity index is 1.98. The highest BCUT2D eigenvalue weighted by Crippen LogP contribution is 2.23. The number of non-ortho nitro benzene ring substituents is 1. The quantitative estimate of drug-likeness (QED) is 0.479. The van der Waals surface area contributed by atoms with E-state index < -0.39 is 23.4 Å². The molecule has 130 valence electrons. The Morgan fingerprint density at radius 3 is 2.68 bits per heavy atom. The molecule has 0 saturated heterocycles. The van der Waals surface area contributed by atoms with Gasteiger partial charge in [0, 0.05) is 23.9 Å². The summed E-state index contributed by atoms with van der Waals surface area (Å²) in [6.45, 7) is -0.574. The summed E-state index contributed by atoms with van der Waals surface area (Å²) in [5.41, 5.74) is -0.0315. The van der Waals surface area contributed by atoms with Crippen molar-refractivity contribution in [1.82, 2.24) is 0 Å². The van der Waals surface area contributed by atoms with Crippen molar-refractivity contribution in [2.45, 2.75) is 0 Å². The van der Waals surface area contributed by atoms with E-state index in [9.17, 15) is 19.7 Å². The summed E-state index contributed by atoms with van der Waals surface area (Å²) in [4.78, 5) is 33.9. The van der Waals surface area contributed by atoms with Gasteiger partial charge in [-0.3, -0.25) is 14.9 Å². The molecule has 0 fully saturated rings. The maximum absolute atomic E-state index is 12.0. The fraction of sp³-hybridized carbons (Fsp3) is 0.125. The monoisotopic (exact) mass is 364 g/mol. The van der Waals surface area contributed by atoms with Crippen LogP contribution < -0.4 is 10.1 Å². The van der Waals surface area contributed by atoms with Crippen LogP contribution in [0, 0.1) is 10.1 Å². The number of esters is 1. The van der Waals surface area contributed by atoms with Crippen molar-refractivity contribution in [2.75, 3.05) is 19.0 Å². The van der Waals surface area contributed by atoms with Crippen molar-refractivity contribution in [1.29, 1.82) is 0 Å². The van der Waals surface area contributed by atoms with Crippen LogP contribution in [-0.2, 0) is 9.53 Å². The minimum Gasteiger partial charge on any atom is -0.497 e. The van der Waals surface area contributed by atoms with E-state index in [0.29, 0.717) is 11.4 Å². The Bertz CT molecular complexity index is 824. The van der Waals surface area contributed by atoms with Crippen LogP contribution in [0.3, 0.4) is 0 Å². The molecule has 9 heteroatoms. The van der Waals surface area contributed by atoms with Gasteiger partial charge in [-0.1, -0.05) is 17.7 Å². The Morgan fingerprint density at radius 1 is 1.24 bits per heavy atom. The summed E-state index contributed by atoms with van der Waals surface area (Å²) >= 11 is 5.84. The second kappa shape index (κ2) is 8.11. The van der Waals surface area contributed by atoms with Crippen molar-refractivity contribution in [2.24, 2.45) is 0 Å². The summed E-state index contributed by atoms with van der Waals surface area (Å²) in [7, 11) is 1.49. The number of amides is 1. The highest BCUT2D eigenvalue weighted by atomic mass is 35.5. The first-order chi connectivity index (χ1) is 11.9. The molecule has 8 nitrogen and oxygen atoms in total. The highest BCUT2D eigenvalue weighted by Gasteiger charge is 2.18. The first kappa shape index (κ1) is 18.2.